The molecule has 1 heteroatoms. The third-order valence-electron chi connectivity index (χ3n) is 5.53. The van der Waals surface area contributed by atoms with Crippen LogP contribution >= 0.6 is 0 Å². The summed E-state index contributed by atoms with van der Waals surface area (Å²) in [4.78, 5) is 0. The van der Waals surface area contributed by atoms with Crippen LogP contribution in [0.3, 0.4) is 0 Å². The van der Waals surface area contributed by atoms with Gasteiger partial charge in [-0.2, -0.15) is 0 Å². The summed E-state index contributed by atoms with van der Waals surface area (Å²) in [6.07, 6.45) is 3.06. The second-order valence-electron chi connectivity index (χ2n) is 7.48. The van der Waals surface area contributed by atoms with Crippen molar-refractivity contribution in [1.82, 2.24) is 0 Å². The molecule has 142 valence electrons. The van der Waals surface area contributed by atoms with Crippen molar-refractivity contribution in [2.24, 2.45) is 5.92 Å². The van der Waals surface area contributed by atoms with Gasteiger partial charge in [0.05, 0.1) is 6.10 Å². The summed E-state index contributed by atoms with van der Waals surface area (Å²) in [6.45, 7) is 5.68. The average molecular weight is 369 g/mol. The van der Waals surface area contributed by atoms with Gasteiger partial charge in [0.2, 0.25) is 0 Å². The lowest BCUT2D eigenvalue weighted by atomic mass is 9.62. The van der Waals surface area contributed by atoms with E-state index in [0.29, 0.717) is 0 Å². The van der Waals surface area contributed by atoms with Crippen LogP contribution in [0.25, 0.3) is 0 Å². The van der Waals surface area contributed by atoms with Gasteiger partial charge in [-0.15, -0.1) is 5.73 Å². The molecule has 0 saturated heterocycles. The van der Waals surface area contributed by atoms with Gasteiger partial charge in [-0.25, -0.2) is 0 Å². The molecule has 0 saturated carbocycles. The summed E-state index contributed by atoms with van der Waals surface area (Å²) in [7, 11) is 0. The van der Waals surface area contributed by atoms with Crippen LogP contribution < -0.4 is 0 Å². The fraction of sp³-hybridized carbons (Fsp3) is 0.222. The Bertz CT molecular complexity index is 849. The molecule has 0 heterocycles. The van der Waals surface area contributed by atoms with Gasteiger partial charge in [0, 0.05) is 11.3 Å². The molecular weight excluding hydrogens is 340 g/mol. The van der Waals surface area contributed by atoms with Crippen molar-refractivity contribution in [3.63, 3.8) is 0 Å². The number of hydrogen-bond acceptors (Lipinski definition) is 1. The molecule has 0 spiro atoms. The van der Waals surface area contributed by atoms with Crippen LogP contribution in [-0.4, -0.2) is 11.2 Å². The minimum absolute atomic E-state index is 0.118. The average Bonchev–Trinajstić information content (AvgIpc) is 2.73. The van der Waals surface area contributed by atoms with Crippen LogP contribution in [0.5, 0.6) is 0 Å². The Labute approximate surface area is 168 Å². The van der Waals surface area contributed by atoms with E-state index in [0.717, 1.165) is 12.8 Å². The van der Waals surface area contributed by atoms with E-state index in [-0.39, 0.29) is 11.3 Å². The molecule has 0 amide bonds. The first-order valence-electron chi connectivity index (χ1n) is 9.83. The Morgan fingerprint density at radius 2 is 1.25 bits per heavy atom. The molecule has 2 unspecified atom stereocenters. The van der Waals surface area contributed by atoms with Crippen LogP contribution in [0, 0.1) is 5.92 Å². The Hall–Kier alpha value is -2.86. The molecule has 0 radical (unpaired) electrons. The highest BCUT2D eigenvalue weighted by Crippen LogP contribution is 2.42. The lowest BCUT2D eigenvalue weighted by molar-refractivity contribution is 0.0963. The smallest absolute Gasteiger partial charge is 0.0589 e. The maximum atomic E-state index is 10.8. The Balaban J connectivity index is 2.21. The van der Waals surface area contributed by atoms with Crippen LogP contribution in [0.2, 0.25) is 0 Å². The maximum absolute atomic E-state index is 10.8. The van der Waals surface area contributed by atoms with E-state index in [9.17, 15) is 5.11 Å². The predicted molar refractivity (Wildman–Crippen MR) is 117 cm³/mol. The molecule has 3 aromatic rings. The fourth-order valence-corrected chi connectivity index (χ4v) is 4.27. The summed E-state index contributed by atoms with van der Waals surface area (Å²) in [6, 6.07) is 31.6. The second-order valence-corrected chi connectivity index (χ2v) is 7.48. The summed E-state index contributed by atoms with van der Waals surface area (Å²) in [5.41, 5.74) is 6.38. The highest BCUT2D eigenvalue weighted by molar-refractivity contribution is 5.36. The highest BCUT2D eigenvalue weighted by Gasteiger charge is 2.41. The molecule has 1 nitrogen and oxygen atoms in total. The predicted octanol–water partition coefficient (Wildman–Crippen LogP) is 5.75. The summed E-state index contributed by atoms with van der Waals surface area (Å²) in [5, 5.41) is 10.8. The molecule has 1 N–H and O–H groups in total. The lowest BCUT2D eigenvalue weighted by Crippen LogP contribution is -2.44. The highest BCUT2D eigenvalue weighted by atomic mass is 16.3. The first-order valence-corrected chi connectivity index (χ1v) is 9.83. The Morgan fingerprint density at radius 1 is 0.821 bits per heavy atom. The van der Waals surface area contributed by atoms with Gasteiger partial charge in [0.1, 0.15) is 0 Å². The third kappa shape index (κ3) is 4.51. The van der Waals surface area contributed by atoms with Crippen LogP contribution in [0.15, 0.2) is 109 Å². The van der Waals surface area contributed by atoms with Gasteiger partial charge in [-0.1, -0.05) is 97.6 Å². The summed E-state index contributed by atoms with van der Waals surface area (Å²) < 4.78 is 0. The quantitative estimate of drug-likeness (QED) is 0.502. The molecule has 2 atom stereocenters. The SMILES string of the molecule is C=C=CC(C(C)O)C(Cc1ccccc1)(Cc1ccccc1)c1ccccc1. The standard InChI is InChI=1S/C27H28O/c1-3-13-26(22(2)28)27(25-18-11-6-12-19-25,20-23-14-7-4-8-15-23)21-24-16-9-5-10-17-24/h4-19,22,26,28H,1,20-21H2,2H3. The van der Waals surface area contributed by atoms with Gasteiger partial charge < -0.3 is 5.11 Å². The van der Waals surface area contributed by atoms with Gasteiger partial charge in [0.15, 0.2) is 0 Å². The van der Waals surface area contributed by atoms with Crippen LogP contribution in [-0.2, 0) is 18.3 Å². The molecule has 0 fully saturated rings. The summed E-state index contributed by atoms with van der Waals surface area (Å²) >= 11 is 0. The van der Waals surface area contributed by atoms with Crippen molar-refractivity contribution in [2.75, 3.05) is 0 Å². The van der Waals surface area contributed by atoms with Gasteiger partial charge in [-0.05, 0) is 42.5 Å². The monoisotopic (exact) mass is 368 g/mol. The van der Waals surface area contributed by atoms with Crippen LogP contribution in [0.4, 0.5) is 0 Å². The first-order chi connectivity index (χ1) is 13.7. The molecule has 0 bridgehead atoms. The number of aliphatic hydroxyl groups is 1. The molecule has 0 aliphatic heterocycles. The van der Waals surface area contributed by atoms with Crippen molar-refractivity contribution in [3.8, 4) is 0 Å². The minimum atomic E-state index is -0.526. The normalized spacial score (nSPS) is 13.4. The second kappa shape index (κ2) is 9.37. The van der Waals surface area contributed by atoms with E-state index in [4.69, 9.17) is 0 Å². The van der Waals surface area contributed by atoms with Crippen molar-refractivity contribution >= 4 is 0 Å². The van der Waals surface area contributed by atoms with Gasteiger partial charge in [-0.3, -0.25) is 0 Å². The zero-order valence-corrected chi connectivity index (χ0v) is 16.5. The molecule has 28 heavy (non-hydrogen) atoms. The third-order valence-corrected chi connectivity index (χ3v) is 5.53. The lowest BCUT2D eigenvalue weighted by Gasteiger charge is -2.42. The number of rotatable bonds is 8. The first kappa shape index (κ1) is 19.9. The zero-order chi connectivity index (χ0) is 19.8. The minimum Gasteiger partial charge on any atom is -0.393 e. The van der Waals surface area contributed by atoms with E-state index in [1.165, 1.54) is 16.7 Å². The van der Waals surface area contributed by atoms with Crippen molar-refractivity contribution in [2.45, 2.75) is 31.3 Å². The Kier molecular flexibility index (Phi) is 6.66. The molecule has 3 aromatic carbocycles. The van der Waals surface area contributed by atoms with Crippen molar-refractivity contribution in [3.05, 3.63) is 126 Å². The number of hydrogen-bond donors (Lipinski definition) is 1. The molecule has 0 aromatic heterocycles. The molecule has 3 rings (SSSR count). The van der Waals surface area contributed by atoms with E-state index < -0.39 is 6.10 Å². The fourth-order valence-electron chi connectivity index (χ4n) is 4.27. The van der Waals surface area contributed by atoms with E-state index >= 15 is 0 Å². The van der Waals surface area contributed by atoms with E-state index in [2.05, 4.69) is 85.1 Å². The maximum Gasteiger partial charge on any atom is 0.0589 e. The number of aliphatic hydroxyl groups excluding tert-OH is 1. The number of benzene rings is 3. The van der Waals surface area contributed by atoms with Crippen molar-refractivity contribution < 1.29 is 5.11 Å². The Morgan fingerprint density at radius 3 is 1.64 bits per heavy atom. The van der Waals surface area contributed by atoms with Crippen LogP contribution in [0.1, 0.15) is 23.6 Å². The largest absolute Gasteiger partial charge is 0.393 e. The zero-order valence-electron chi connectivity index (χ0n) is 16.5. The topological polar surface area (TPSA) is 20.2 Å². The van der Waals surface area contributed by atoms with Gasteiger partial charge >= 0.3 is 0 Å². The van der Waals surface area contributed by atoms with Crippen molar-refractivity contribution in [1.29, 1.82) is 0 Å². The molecule has 0 aliphatic rings. The van der Waals surface area contributed by atoms with E-state index in [1.807, 2.05) is 31.2 Å². The summed E-state index contributed by atoms with van der Waals surface area (Å²) in [5.74, 6) is -0.118. The van der Waals surface area contributed by atoms with E-state index in [1.54, 1.807) is 0 Å². The molecule has 0 aliphatic carbocycles. The molecular formula is C27H28O. The van der Waals surface area contributed by atoms with Gasteiger partial charge in [0.25, 0.3) is 0 Å².